The van der Waals surface area contributed by atoms with Crippen LogP contribution in [0.25, 0.3) is 0 Å². The molecule has 1 aromatic rings. The Morgan fingerprint density at radius 1 is 1.47 bits per heavy atom. The summed E-state index contributed by atoms with van der Waals surface area (Å²) >= 11 is 5.53. The van der Waals surface area contributed by atoms with Crippen molar-refractivity contribution in [2.24, 2.45) is 0 Å². The molecule has 82 valence electrons. The van der Waals surface area contributed by atoms with Crippen LogP contribution in [0.1, 0.15) is 17.3 Å². The van der Waals surface area contributed by atoms with Crippen LogP contribution in [0, 0.1) is 5.82 Å². The number of rotatable bonds is 3. The first-order valence-corrected chi connectivity index (χ1v) is 4.24. The van der Waals surface area contributed by atoms with E-state index in [0.29, 0.717) is 6.07 Å². The average molecular weight is 239 g/mol. The van der Waals surface area contributed by atoms with Gasteiger partial charge >= 0.3 is 6.61 Å². The highest BCUT2D eigenvalue weighted by molar-refractivity contribution is 6.34. The third-order valence-electron chi connectivity index (χ3n) is 1.59. The average Bonchev–Trinajstić information content (AvgIpc) is 1.99. The maximum atomic E-state index is 12.8. The van der Waals surface area contributed by atoms with Gasteiger partial charge in [0.2, 0.25) is 0 Å². The van der Waals surface area contributed by atoms with Crippen LogP contribution in [0.4, 0.5) is 13.2 Å². The van der Waals surface area contributed by atoms with Crippen LogP contribution in [0.15, 0.2) is 12.1 Å². The van der Waals surface area contributed by atoms with Crippen molar-refractivity contribution in [2.45, 2.75) is 13.5 Å². The number of ether oxygens (including phenoxy) is 1. The first kappa shape index (κ1) is 11.8. The number of carbonyl (C=O) groups excluding carboxylic acids is 1. The molecule has 1 aromatic carbocycles. The van der Waals surface area contributed by atoms with Crippen LogP contribution in [0.5, 0.6) is 5.75 Å². The van der Waals surface area contributed by atoms with Crippen LogP contribution in [0.3, 0.4) is 0 Å². The molecule has 0 aliphatic rings. The highest BCUT2D eigenvalue weighted by Crippen LogP contribution is 2.29. The number of ketones is 1. The number of hydrogen-bond donors (Lipinski definition) is 0. The molecule has 0 spiro atoms. The Morgan fingerprint density at radius 2 is 2.07 bits per heavy atom. The van der Waals surface area contributed by atoms with Crippen molar-refractivity contribution in [3.8, 4) is 5.75 Å². The first-order valence-electron chi connectivity index (χ1n) is 3.86. The predicted octanol–water partition coefficient (Wildman–Crippen LogP) is 3.28. The Morgan fingerprint density at radius 3 is 2.53 bits per heavy atom. The predicted molar refractivity (Wildman–Crippen MR) is 48.0 cm³/mol. The van der Waals surface area contributed by atoms with Crippen molar-refractivity contribution in [2.75, 3.05) is 0 Å². The fraction of sp³-hybridized carbons (Fsp3) is 0.222. The number of benzene rings is 1. The van der Waals surface area contributed by atoms with Gasteiger partial charge in [-0.1, -0.05) is 11.6 Å². The van der Waals surface area contributed by atoms with Crippen molar-refractivity contribution < 1.29 is 22.7 Å². The molecule has 0 heterocycles. The molecule has 1 rings (SSSR count). The largest absolute Gasteiger partial charge is 0.434 e. The standard InChI is InChI=1S/C9H6ClF3O2/c1-4(14)8-6(10)2-5(11)3-7(8)15-9(12)13/h2-3,9H,1H3. The third kappa shape index (κ3) is 2.86. The summed E-state index contributed by atoms with van der Waals surface area (Å²) in [5.41, 5.74) is -0.252. The first-order chi connectivity index (χ1) is 6.91. The minimum Gasteiger partial charge on any atom is -0.434 e. The molecule has 0 amide bonds. The number of alkyl halides is 2. The minimum atomic E-state index is -3.14. The Balaban J connectivity index is 3.27. The summed E-state index contributed by atoms with van der Waals surface area (Å²) in [5, 5.41) is -0.252. The van der Waals surface area contributed by atoms with Crippen LogP contribution in [-0.4, -0.2) is 12.4 Å². The molecule has 0 saturated carbocycles. The van der Waals surface area contributed by atoms with Gasteiger partial charge in [-0.15, -0.1) is 0 Å². The second-order valence-electron chi connectivity index (χ2n) is 2.70. The van der Waals surface area contributed by atoms with Gasteiger partial charge < -0.3 is 4.74 Å². The van der Waals surface area contributed by atoms with E-state index in [-0.39, 0.29) is 10.6 Å². The van der Waals surface area contributed by atoms with E-state index in [1.165, 1.54) is 0 Å². The summed E-state index contributed by atoms with van der Waals surface area (Å²) in [6, 6.07) is 1.55. The van der Waals surface area contributed by atoms with E-state index in [0.717, 1.165) is 13.0 Å². The molecule has 0 atom stereocenters. The monoisotopic (exact) mass is 238 g/mol. The lowest BCUT2D eigenvalue weighted by atomic mass is 10.1. The number of halogens is 4. The maximum Gasteiger partial charge on any atom is 0.387 e. The van der Waals surface area contributed by atoms with E-state index in [4.69, 9.17) is 11.6 Å². The summed E-state index contributed by atoms with van der Waals surface area (Å²) in [4.78, 5) is 11.0. The number of carbonyl (C=O) groups is 1. The Hall–Kier alpha value is -1.23. The lowest BCUT2D eigenvalue weighted by molar-refractivity contribution is -0.0502. The fourth-order valence-corrected chi connectivity index (χ4v) is 1.41. The van der Waals surface area contributed by atoms with Gasteiger partial charge in [-0.25, -0.2) is 4.39 Å². The van der Waals surface area contributed by atoms with Crippen LogP contribution in [0.2, 0.25) is 5.02 Å². The van der Waals surface area contributed by atoms with E-state index in [2.05, 4.69) is 4.74 Å². The van der Waals surface area contributed by atoms with E-state index in [9.17, 15) is 18.0 Å². The molecule has 2 nitrogen and oxygen atoms in total. The van der Waals surface area contributed by atoms with Crippen LogP contribution in [-0.2, 0) is 0 Å². The maximum absolute atomic E-state index is 12.8. The Kier molecular flexibility index (Phi) is 3.57. The topological polar surface area (TPSA) is 26.3 Å². The van der Waals surface area contributed by atoms with Gasteiger partial charge in [0.25, 0.3) is 0 Å². The minimum absolute atomic E-state index is 0.252. The fourth-order valence-electron chi connectivity index (χ4n) is 1.08. The lowest BCUT2D eigenvalue weighted by Gasteiger charge is -2.10. The molecular formula is C9H6ClF3O2. The van der Waals surface area contributed by atoms with E-state index >= 15 is 0 Å². The van der Waals surface area contributed by atoms with Gasteiger partial charge in [-0.05, 0) is 13.0 Å². The summed E-state index contributed by atoms with van der Waals surface area (Å²) in [7, 11) is 0. The third-order valence-corrected chi connectivity index (χ3v) is 1.89. The van der Waals surface area contributed by atoms with Crippen LogP contribution >= 0.6 is 11.6 Å². The quantitative estimate of drug-likeness (QED) is 0.756. The van der Waals surface area contributed by atoms with Gasteiger partial charge in [-0.3, -0.25) is 4.79 Å². The van der Waals surface area contributed by atoms with Crippen molar-refractivity contribution in [3.63, 3.8) is 0 Å². The summed E-state index contributed by atoms with van der Waals surface area (Å²) < 4.78 is 40.6. The molecule has 0 saturated heterocycles. The van der Waals surface area contributed by atoms with Gasteiger partial charge in [-0.2, -0.15) is 8.78 Å². The van der Waals surface area contributed by atoms with Crippen molar-refractivity contribution in [1.29, 1.82) is 0 Å². The Bertz CT molecular complexity index is 393. The van der Waals surface area contributed by atoms with Gasteiger partial charge in [0, 0.05) is 6.07 Å². The van der Waals surface area contributed by atoms with Crippen molar-refractivity contribution >= 4 is 17.4 Å². The van der Waals surface area contributed by atoms with Gasteiger partial charge in [0.1, 0.15) is 11.6 Å². The lowest BCUT2D eigenvalue weighted by Crippen LogP contribution is -2.07. The second-order valence-corrected chi connectivity index (χ2v) is 3.10. The molecule has 15 heavy (non-hydrogen) atoms. The highest BCUT2D eigenvalue weighted by Gasteiger charge is 2.17. The zero-order chi connectivity index (χ0) is 11.6. The molecule has 0 N–H and O–H groups in total. The number of Topliss-reactive ketones (excluding diaryl/α,β-unsaturated/α-hetero) is 1. The smallest absolute Gasteiger partial charge is 0.387 e. The molecular weight excluding hydrogens is 233 g/mol. The van der Waals surface area contributed by atoms with E-state index < -0.39 is 24.0 Å². The zero-order valence-corrected chi connectivity index (χ0v) is 8.32. The summed E-state index contributed by atoms with van der Waals surface area (Å²) in [5.74, 6) is -1.97. The van der Waals surface area contributed by atoms with Gasteiger partial charge in [0.15, 0.2) is 5.78 Å². The highest BCUT2D eigenvalue weighted by atomic mass is 35.5. The van der Waals surface area contributed by atoms with Gasteiger partial charge in [0.05, 0.1) is 10.6 Å². The summed E-state index contributed by atoms with van der Waals surface area (Å²) in [6.07, 6.45) is 0. The normalized spacial score (nSPS) is 10.5. The van der Waals surface area contributed by atoms with Crippen molar-refractivity contribution in [1.82, 2.24) is 0 Å². The molecule has 0 aliphatic carbocycles. The SMILES string of the molecule is CC(=O)c1c(Cl)cc(F)cc1OC(F)F. The van der Waals surface area contributed by atoms with E-state index in [1.807, 2.05) is 0 Å². The Labute approximate surface area is 88.6 Å². The molecule has 0 unspecified atom stereocenters. The summed E-state index contributed by atoms with van der Waals surface area (Å²) in [6.45, 7) is -2.02. The molecule has 6 heteroatoms. The number of hydrogen-bond acceptors (Lipinski definition) is 2. The second kappa shape index (κ2) is 4.53. The zero-order valence-electron chi connectivity index (χ0n) is 7.56. The van der Waals surface area contributed by atoms with Crippen molar-refractivity contribution in [3.05, 3.63) is 28.5 Å². The molecule has 0 aliphatic heterocycles. The molecule has 0 aromatic heterocycles. The molecule has 0 bridgehead atoms. The van der Waals surface area contributed by atoms with E-state index in [1.54, 1.807) is 0 Å². The molecule has 0 fully saturated rings. The molecule has 0 radical (unpaired) electrons. The van der Waals surface area contributed by atoms with Crippen LogP contribution < -0.4 is 4.74 Å².